The minimum absolute atomic E-state index is 0.0148. The second-order valence-electron chi connectivity index (χ2n) is 5.97. The number of rotatable bonds is 6. The Kier molecular flexibility index (Phi) is 5.54. The molecule has 0 aliphatic carbocycles. The van der Waals surface area contributed by atoms with Gasteiger partial charge in [-0.15, -0.1) is 0 Å². The number of aromatic nitrogens is 1. The van der Waals surface area contributed by atoms with E-state index in [-0.39, 0.29) is 17.8 Å². The number of carbonyl (C=O) groups is 1. The van der Waals surface area contributed by atoms with Crippen molar-refractivity contribution < 1.29 is 13.9 Å². The molecule has 1 saturated heterocycles. The molecule has 24 heavy (non-hydrogen) atoms. The second-order valence-corrected chi connectivity index (χ2v) is 5.97. The first-order chi connectivity index (χ1) is 11.7. The van der Waals surface area contributed by atoms with Gasteiger partial charge in [0.15, 0.2) is 0 Å². The average molecular weight is 328 g/mol. The second kappa shape index (κ2) is 8.02. The molecule has 0 radical (unpaired) electrons. The fourth-order valence-electron chi connectivity index (χ4n) is 2.95. The zero-order chi connectivity index (χ0) is 16.8. The number of aryl methyl sites for hydroxylation is 1. The molecule has 1 atom stereocenters. The van der Waals surface area contributed by atoms with Crippen LogP contribution in [0.4, 0.5) is 10.1 Å². The molecule has 1 aromatic carbocycles. The van der Waals surface area contributed by atoms with Crippen LogP contribution in [-0.4, -0.2) is 30.1 Å². The zero-order valence-electron chi connectivity index (χ0n) is 13.5. The molecule has 3 rings (SSSR count). The maximum Gasteiger partial charge on any atom is 0.227 e. The van der Waals surface area contributed by atoms with E-state index in [1.165, 1.54) is 12.1 Å². The highest BCUT2D eigenvalue weighted by molar-refractivity contribution is 5.93. The molecule has 126 valence electrons. The van der Waals surface area contributed by atoms with Crippen LogP contribution in [0, 0.1) is 5.82 Å². The molecular formula is C19H21FN2O2. The summed E-state index contributed by atoms with van der Waals surface area (Å²) in [7, 11) is 0. The van der Waals surface area contributed by atoms with E-state index in [0.717, 1.165) is 30.7 Å². The van der Waals surface area contributed by atoms with E-state index in [4.69, 9.17) is 4.74 Å². The van der Waals surface area contributed by atoms with Crippen LogP contribution in [0.3, 0.4) is 0 Å². The molecule has 2 heterocycles. The molecular weight excluding hydrogens is 307 g/mol. The Balaban J connectivity index is 1.68. The number of carbonyl (C=O) groups excluding carboxylic acids is 1. The van der Waals surface area contributed by atoms with Gasteiger partial charge in [0.2, 0.25) is 5.91 Å². The van der Waals surface area contributed by atoms with Gasteiger partial charge in [-0.2, -0.15) is 0 Å². The minimum Gasteiger partial charge on any atom is -0.376 e. The summed E-state index contributed by atoms with van der Waals surface area (Å²) in [5.41, 5.74) is 1.65. The molecule has 0 bridgehead atoms. The zero-order valence-corrected chi connectivity index (χ0v) is 13.5. The summed E-state index contributed by atoms with van der Waals surface area (Å²) in [6, 6.07) is 10.1. The quantitative estimate of drug-likeness (QED) is 0.816. The van der Waals surface area contributed by atoms with Gasteiger partial charge in [-0.3, -0.25) is 9.78 Å². The van der Waals surface area contributed by atoms with Crippen LogP contribution in [0.15, 0.2) is 48.8 Å². The van der Waals surface area contributed by atoms with Crippen LogP contribution in [0.2, 0.25) is 0 Å². The van der Waals surface area contributed by atoms with Gasteiger partial charge in [-0.1, -0.05) is 12.1 Å². The van der Waals surface area contributed by atoms with E-state index >= 15 is 0 Å². The lowest BCUT2D eigenvalue weighted by atomic mass is 10.1. The van der Waals surface area contributed by atoms with E-state index in [1.54, 1.807) is 23.4 Å². The third-order valence-electron chi connectivity index (χ3n) is 4.20. The summed E-state index contributed by atoms with van der Waals surface area (Å²) in [6.45, 7) is 1.30. The Morgan fingerprint density at radius 3 is 2.83 bits per heavy atom. The number of hydrogen-bond acceptors (Lipinski definition) is 3. The Morgan fingerprint density at radius 1 is 1.29 bits per heavy atom. The smallest absolute Gasteiger partial charge is 0.227 e. The maximum atomic E-state index is 13.3. The van der Waals surface area contributed by atoms with Gasteiger partial charge in [0.25, 0.3) is 0 Å². The summed E-state index contributed by atoms with van der Waals surface area (Å²) < 4.78 is 18.9. The highest BCUT2D eigenvalue weighted by Crippen LogP contribution is 2.20. The average Bonchev–Trinajstić information content (AvgIpc) is 3.12. The molecule has 1 unspecified atom stereocenters. The molecule has 5 heteroatoms. The summed E-state index contributed by atoms with van der Waals surface area (Å²) in [4.78, 5) is 18.5. The van der Waals surface area contributed by atoms with Gasteiger partial charge >= 0.3 is 0 Å². The fraction of sp³-hybridized carbons (Fsp3) is 0.368. The van der Waals surface area contributed by atoms with Crippen LogP contribution in [0.5, 0.6) is 0 Å². The number of ether oxygens (including phenoxy) is 1. The summed E-state index contributed by atoms with van der Waals surface area (Å²) in [5, 5.41) is 0. The van der Waals surface area contributed by atoms with E-state index in [0.29, 0.717) is 19.4 Å². The van der Waals surface area contributed by atoms with Crippen molar-refractivity contribution in [1.29, 1.82) is 0 Å². The third-order valence-corrected chi connectivity index (χ3v) is 4.20. The molecule has 1 aliphatic heterocycles. The number of amides is 1. The van der Waals surface area contributed by atoms with Crippen LogP contribution in [0.25, 0.3) is 0 Å². The van der Waals surface area contributed by atoms with Crippen LogP contribution in [0.1, 0.15) is 24.8 Å². The lowest BCUT2D eigenvalue weighted by molar-refractivity contribution is -0.119. The SMILES string of the molecule is O=C(CCc1cccc(F)c1)N(CC1CCCO1)c1ccncc1. The molecule has 1 amide bonds. The predicted molar refractivity (Wildman–Crippen MR) is 90.3 cm³/mol. The first-order valence-corrected chi connectivity index (χ1v) is 8.29. The largest absolute Gasteiger partial charge is 0.376 e. The summed E-state index contributed by atoms with van der Waals surface area (Å²) in [6.07, 6.45) is 6.29. The van der Waals surface area contributed by atoms with Crippen molar-refractivity contribution in [2.24, 2.45) is 0 Å². The molecule has 0 spiro atoms. The van der Waals surface area contributed by atoms with Gasteiger partial charge < -0.3 is 9.64 Å². The lowest BCUT2D eigenvalue weighted by Gasteiger charge is -2.25. The Bertz CT molecular complexity index is 672. The third kappa shape index (κ3) is 4.38. The molecule has 4 nitrogen and oxygen atoms in total. The molecule has 1 aliphatic rings. The van der Waals surface area contributed by atoms with Crippen molar-refractivity contribution >= 4 is 11.6 Å². The molecule has 0 saturated carbocycles. The predicted octanol–water partition coefficient (Wildman–Crippen LogP) is 3.37. The van der Waals surface area contributed by atoms with E-state index < -0.39 is 0 Å². The Labute approximate surface area is 141 Å². The van der Waals surface area contributed by atoms with Gasteiger partial charge in [0, 0.05) is 31.1 Å². The monoisotopic (exact) mass is 328 g/mol. The Morgan fingerprint density at radius 2 is 2.12 bits per heavy atom. The van der Waals surface area contributed by atoms with E-state index in [9.17, 15) is 9.18 Å². The van der Waals surface area contributed by atoms with E-state index in [1.807, 2.05) is 18.2 Å². The van der Waals surface area contributed by atoms with Gasteiger partial charge in [0.1, 0.15) is 5.82 Å². The first-order valence-electron chi connectivity index (χ1n) is 8.29. The van der Waals surface area contributed by atoms with Crippen molar-refractivity contribution in [3.8, 4) is 0 Å². The van der Waals surface area contributed by atoms with Crippen LogP contribution < -0.4 is 4.90 Å². The molecule has 1 aromatic heterocycles. The van der Waals surface area contributed by atoms with Gasteiger partial charge in [-0.25, -0.2) is 4.39 Å². The van der Waals surface area contributed by atoms with Crippen LogP contribution in [-0.2, 0) is 16.0 Å². The number of pyridine rings is 1. The Hall–Kier alpha value is -2.27. The van der Waals surface area contributed by atoms with Crippen molar-refractivity contribution in [1.82, 2.24) is 4.98 Å². The topological polar surface area (TPSA) is 42.4 Å². The van der Waals surface area contributed by atoms with Crippen molar-refractivity contribution in [3.05, 3.63) is 60.2 Å². The standard InChI is InChI=1S/C19H21FN2O2/c20-16-4-1-3-15(13-16)6-7-19(23)22(14-18-5-2-12-24-18)17-8-10-21-11-9-17/h1,3-4,8-11,13,18H,2,5-7,12,14H2. The number of halogens is 1. The highest BCUT2D eigenvalue weighted by Gasteiger charge is 2.23. The van der Waals surface area contributed by atoms with Crippen LogP contribution >= 0.6 is 0 Å². The minimum atomic E-state index is -0.273. The summed E-state index contributed by atoms with van der Waals surface area (Å²) >= 11 is 0. The number of anilines is 1. The maximum absolute atomic E-state index is 13.3. The fourth-order valence-corrected chi connectivity index (χ4v) is 2.95. The first kappa shape index (κ1) is 16.6. The lowest BCUT2D eigenvalue weighted by Crippen LogP contribution is -2.37. The van der Waals surface area contributed by atoms with Gasteiger partial charge in [0.05, 0.1) is 12.6 Å². The molecule has 1 fully saturated rings. The van der Waals surface area contributed by atoms with Crippen molar-refractivity contribution in [2.45, 2.75) is 31.8 Å². The number of hydrogen-bond donors (Lipinski definition) is 0. The normalized spacial score (nSPS) is 17.0. The molecule has 2 aromatic rings. The van der Waals surface area contributed by atoms with Crippen molar-refractivity contribution in [2.75, 3.05) is 18.1 Å². The van der Waals surface area contributed by atoms with Crippen molar-refractivity contribution in [3.63, 3.8) is 0 Å². The summed E-state index contributed by atoms with van der Waals surface area (Å²) in [5.74, 6) is -0.258. The number of benzene rings is 1. The number of nitrogens with zero attached hydrogens (tertiary/aromatic N) is 2. The molecule has 0 N–H and O–H groups in total. The van der Waals surface area contributed by atoms with Gasteiger partial charge in [-0.05, 0) is 49.1 Å². The highest BCUT2D eigenvalue weighted by atomic mass is 19.1. The van der Waals surface area contributed by atoms with E-state index in [2.05, 4.69) is 4.98 Å².